The molecule has 0 aromatic carbocycles. The van der Waals surface area contributed by atoms with Crippen LogP contribution in [0, 0.1) is 0 Å². The predicted octanol–water partition coefficient (Wildman–Crippen LogP) is 3.84. The third-order valence-corrected chi connectivity index (χ3v) is 7.84. The first-order valence-electron chi connectivity index (χ1n) is 5.34. The van der Waals surface area contributed by atoms with Crippen LogP contribution in [0.15, 0.2) is 0 Å². The molecule has 0 saturated carbocycles. The molecule has 0 N–H and O–H groups in total. The summed E-state index contributed by atoms with van der Waals surface area (Å²) >= 11 is 5.62. The van der Waals surface area contributed by atoms with Crippen molar-refractivity contribution in [2.75, 3.05) is 18.5 Å². The van der Waals surface area contributed by atoms with Gasteiger partial charge in [-0.1, -0.05) is 44.4 Å². The van der Waals surface area contributed by atoms with Crippen molar-refractivity contribution in [1.29, 1.82) is 0 Å². The van der Waals surface area contributed by atoms with Gasteiger partial charge in [-0.15, -0.1) is 0 Å². The Hall–Kier alpha value is 0.650. The number of rotatable bonds is 6. The minimum atomic E-state index is -0.708. The molecule has 0 bridgehead atoms. The summed E-state index contributed by atoms with van der Waals surface area (Å²) in [7, 11) is 0. The lowest BCUT2D eigenvalue weighted by Gasteiger charge is -2.30. The summed E-state index contributed by atoms with van der Waals surface area (Å²) in [5.74, 6) is 0. The van der Waals surface area contributed by atoms with Crippen LogP contribution in [0.1, 0.15) is 45.4 Å². The first-order valence-corrected chi connectivity index (χ1v) is 8.70. The zero-order chi connectivity index (χ0) is 8.86. The zero-order valence-corrected chi connectivity index (χ0v) is 9.93. The van der Waals surface area contributed by atoms with Gasteiger partial charge in [0, 0.05) is 0 Å². The molecule has 2 heteroatoms. The summed E-state index contributed by atoms with van der Waals surface area (Å²) in [4.78, 5) is 0. The second-order valence-corrected chi connectivity index (χ2v) is 9.78. The first kappa shape index (κ1) is 10.7. The summed E-state index contributed by atoms with van der Waals surface area (Å²) in [6, 6.07) is -0.708. The Kier molecular flexibility index (Phi) is 4.82. The molecule has 1 saturated heterocycles. The molecular weight excluding hydrogens is 183 g/mol. The van der Waals surface area contributed by atoms with E-state index in [0.717, 1.165) is 0 Å². The topological polar surface area (TPSA) is 0 Å². The zero-order valence-electron chi connectivity index (χ0n) is 8.22. The van der Waals surface area contributed by atoms with E-state index in [1.165, 1.54) is 57.0 Å². The van der Waals surface area contributed by atoms with Gasteiger partial charge in [-0.25, -0.2) is 0 Å². The van der Waals surface area contributed by atoms with Crippen molar-refractivity contribution in [3.05, 3.63) is 0 Å². The van der Waals surface area contributed by atoms with Crippen LogP contribution in [-0.4, -0.2) is 18.5 Å². The summed E-state index contributed by atoms with van der Waals surface area (Å²) < 4.78 is 0. The molecule has 12 heavy (non-hydrogen) atoms. The van der Waals surface area contributed by atoms with E-state index in [1.54, 1.807) is 0 Å². The summed E-state index contributed by atoms with van der Waals surface area (Å²) in [6.45, 7) is 2.27. The van der Waals surface area contributed by atoms with E-state index in [1.807, 2.05) is 0 Å². The summed E-state index contributed by atoms with van der Waals surface area (Å²) in [6.07, 6.45) is 12.8. The van der Waals surface area contributed by atoms with Crippen LogP contribution in [-0.2, 0) is 11.8 Å². The maximum absolute atomic E-state index is 5.62. The smallest absolute Gasteiger partial charge is 0.0231 e. The Morgan fingerprint density at radius 1 is 1.08 bits per heavy atom. The third-order valence-electron chi connectivity index (χ3n) is 2.80. The van der Waals surface area contributed by atoms with Crippen LogP contribution < -0.4 is 0 Å². The monoisotopic (exact) mass is 204 g/mol. The minimum Gasteiger partial charge on any atom is -0.0975 e. The summed E-state index contributed by atoms with van der Waals surface area (Å²) in [5.41, 5.74) is 0. The van der Waals surface area contributed by atoms with Crippen molar-refractivity contribution in [3.8, 4) is 0 Å². The molecule has 0 aromatic rings. The Bertz CT molecular complexity index is 157. The highest BCUT2D eigenvalue weighted by Crippen LogP contribution is 2.55. The predicted molar refractivity (Wildman–Crippen MR) is 62.3 cm³/mol. The molecule has 0 atom stereocenters. The van der Waals surface area contributed by atoms with E-state index >= 15 is 0 Å². The SMILES string of the molecule is CCCCCCCP1(=S)CCC1. The van der Waals surface area contributed by atoms with Gasteiger partial charge in [0.15, 0.2) is 0 Å². The lowest BCUT2D eigenvalue weighted by Crippen LogP contribution is -2.11. The second-order valence-electron chi connectivity index (χ2n) is 4.00. The molecule has 0 spiro atoms. The maximum atomic E-state index is 5.62. The molecule has 0 aliphatic carbocycles. The van der Waals surface area contributed by atoms with Gasteiger partial charge >= 0.3 is 0 Å². The fraction of sp³-hybridized carbons (Fsp3) is 1.00. The Balaban J connectivity index is 1.92. The Morgan fingerprint density at radius 2 is 1.75 bits per heavy atom. The van der Waals surface area contributed by atoms with Crippen molar-refractivity contribution in [1.82, 2.24) is 0 Å². The lowest BCUT2D eigenvalue weighted by molar-refractivity contribution is 0.657. The maximum Gasteiger partial charge on any atom is -0.0231 e. The third kappa shape index (κ3) is 3.58. The van der Waals surface area contributed by atoms with E-state index in [9.17, 15) is 0 Å². The molecule has 1 aliphatic rings. The van der Waals surface area contributed by atoms with Crippen LogP contribution in [0.25, 0.3) is 0 Å². The first-order chi connectivity index (χ1) is 5.77. The fourth-order valence-electron chi connectivity index (χ4n) is 1.74. The van der Waals surface area contributed by atoms with Gasteiger partial charge in [0.1, 0.15) is 0 Å². The van der Waals surface area contributed by atoms with Crippen molar-refractivity contribution in [3.63, 3.8) is 0 Å². The Labute approximate surface area is 82.1 Å². The van der Waals surface area contributed by atoms with Crippen LogP contribution in [0.5, 0.6) is 0 Å². The van der Waals surface area contributed by atoms with Crippen LogP contribution in [0.2, 0.25) is 0 Å². The molecule has 0 aromatic heterocycles. The molecule has 1 fully saturated rings. The molecule has 72 valence electrons. The van der Waals surface area contributed by atoms with Crippen molar-refractivity contribution in [2.45, 2.75) is 45.4 Å². The largest absolute Gasteiger partial charge is 0.0975 e. The second kappa shape index (κ2) is 5.40. The van der Waals surface area contributed by atoms with Gasteiger partial charge in [0.05, 0.1) is 0 Å². The van der Waals surface area contributed by atoms with Crippen LogP contribution in [0.3, 0.4) is 0 Å². The van der Waals surface area contributed by atoms with E-state index in [0.29, 0.717) is 0 Å². The molecule has 0 nitrogen and oxygen atoms in total. The number of hydrogen-bond acceptors (Lipinski definition) is 1. The van der Waals surface area contributed by atoms with Crippen molar-refractivity contribution in [2.24, 2.45) is 0 Å². The van der Waals surface area contributed by atoms with Gasteiger partial charge in [0.25, 0.3) is 0 Å². The molecule has 1 aliphatic heterocycles. The fourth-order valence-corrected chi connectivity index (χ4v) is 5.17. The summed E-state index contributed by atoms with van der Waals surface area (Å²) in [5, 5.41) is 0. The van der Waals surface area contributed by atoms with Gasteiger partial charge in [-0.2, -0.15) is 0 Å². The quantitative estimate of drug-likeness (QED) is 0.468. The molecule has 0 radical (unpaired) electrons. The average molecular weight is 204 g/mol. The van der Waals surface area contributed by atoms with Crippen LogP contribution >= 0.6 is 6.04 Å². The molecule has 1 rings (SSSR count). The molecule has 0 unspecified atom stereocenters. The average Bonchev–Trinajstić information content (AvgIpc) is 2.01. The van der Waals surface area contributed by atoms with E-state index in [2.05, 4.69) is 6.92 Å². The molecule has 1 heterocycles. The number of hydrogen-bond donors (Lipinski definition) is 0. The van der Waals surface area contributed by atoms with E-state index in [4.69, 9.17) is 11.8 Å². The van der Waals surface area contributed by atoms with E-state index in [-0.39, 0.29) is 0 Å². The van der Waals surface area contributed by atoms with E-state index < -0.39 is 6.04 Å². The molecule has 0 amide bonds. The standard InChI is InChI=1S/C10H21PS/c1-2-3-4-5-6-8-11(12)9-7-10-11/h2-10H2,1H3. The van der Waals surface area contributed by atoms with Gasteiger partial charge < -0.3 is 0 Å². The van der Waals surface area contributed by atoms with Gasteiger partial charge in [-0.3, -0.25) is 0 Å². The lowest BCUT2D eigenvalue weighted by atomic mass is 10.2. The highest BCUT2D eigenvalue weighted by Gasteiger charge is 2.23. The Morgan fingerprint density at radius 3 is 2.25 bits per heavy atom. The van der Waals surface area contributed by atoms with Gasteiger partial charge in [0.2, 0.25) is 0 Å². The van der Waals surface area contributed by atoms with Crippen molar-refractivity contribution < 1.29 is 0 Å². The number of unbranched alkanes of at least 4 members (excludes halogenated alkanes) is 4. The highest BCUT2D eigenvalue weighted by atomic mass is 32.4. The highest BCUT2D eigenvalue weighted by molar-refractivity contribution is 8.15. The normalized spacial score (nSPS) is 20.4. The van der Waals surface area contributed by atoms with Gasteiger partial charge in [-0.05, 0) is 37.4 Å². The van der Waals surface area contributed by atoms with Crippen molar-refractivity contribution >= 4 is 17.8 Å². The minimum absolute atomic E-state index is 0.708. The van der Waals surface area contributed by atoms with Crippen LogP contribution in [0.4, 0.5) is 0 Å². The molecular formula is C10H21PS.